The zero-order valence-electron chi connectivity index (χ0n) is 14.7. The molecule has 2 aromatic carbocycles. The van der Waals surface area contributed by atoms with Gasteiger partial charge in [0, 0.05) is 16.8 Å². The van der Waals surface area contributed by atoms with Crippen LogP contribution < -0.4 is 11.2 Å². The van der Waals surface area contributed by atoms with Gasteiger partial charge in [-0.2, -0.15) is 0 Å². The molecule has 2 aromatic heterocycles. The second-order valence-corrected chi connectivity index (χ2v) is 7.84. The van der Waals surface area contributed by atoms with Crippen LogP contribution in [0.25, 0.3) is 28.2 Å². The zero-order valence-corrected chi connectivity index (χ0v) is 16.3. The molecule has 1 unspecified atom stereocenters. The van der Waals surface area contributed by atoms with Gasteiger partial charge in [0.25, 0.3) is 5.56 Å². The number of H-pyrrole nitrogens is 1. The van der Waals surface area contributed by atoms with Gasteiger partial charge in [0.2, 0.25) is 5.65 Å². The van der Waals surface area contributed by atoms with Crippen molar-refractivity contribution in [3.05, 3.63) is 80.0 Å². The largest absolute Gasteiger partial charge is 0.469 e. The Morgan fingerprint density at radius 1 is 1.10 bits per heavy atom. The van der Waals surface area contributed by atoms with Crippen molar-refractivity contribution in [3.63, 3.8) is 0 Å². The minimum atomic E-state index is -2.25. The summed E-state index contributed by atoms with van der Waals surface area (Å²) >= 11 is 5.93. The molecule has 0 amide bonds. The molecule has 2 heterocycles. The zero-order chi connectivity index (χ0) is 20.9. The topological polar surface area (TPSA) is 89.8 Å². The maximum atomic E-state index is 14.5. The molecule has 146 valence electrons. The first kappa shape index (κ1) is 19.2. The van der Waals surface area contributed by atoms with Crippen molar-refractivity contribution in [3.8, 4) is 17.1 Å². The molecule has 0 aliphatic rings. The van der Waals surface area contributed by atoms with E-state index in [0.29, 0.717) is 16.8 Å². The predicted octanol–water partition coefficient (Wildman–Crippen LogP) is 3.69. The number of hydrogen-bond acceptors (Lipinski definition) is 4. The quantitative estimate of drug-likeness (QED) is 0.497. The number of rotatable bonds is 3. The van der Waals surface area contributed by atoms with Crippen LogP contribution in [0.1, 0.15) is 0 Å². The molecule has 1 atom stereocenters. The third-order valence-electron chi connectivity index (χ3n) is 4.23. The summed E-state index contributed by atoms with van der Waals surface area (Å²) in [6, 6.07) is 9.13. The molecule has 29 heavy (non-hydrogen) atoms. The number of nitrogens with one attached hydrogen (secondary N) is 1. The Hall–Kier alpha value is -3.16. The Labute approximate surface area is 167 Å². The van der Waals surface area contributed by atoms with Gasteiger partial charge in [0.1, 0.15) is 11.6 Å². The third kappa shape index (κ3) is 3.18. The summed E-state index contributed by atoms with van der Waals surface area (Å²) in [6.07, 6.45) is 0. The molecule has 0 bridgehead atoms. The normalized spacial score (nSPS) is 11.8. The number of benzene rings is 2. The lowest BCUT2D eigenvalue weighted by atomic mass is 10.2. The van der Waals surface area contributed by atoms with Crippen LogP contribution in [-0.4, -0.2) is 25.5 Å². The highest BCUT2D eigenvalue weighted by Crippen LogP contribution is 2.31. The fourth-order valence-electron chi connectivity index (χ4n) is 3.02. The van der Waals surface area contributed by atoms with Crippen molar-refractivity contribution in [1.29, 1.82) is 0 Å². The van der Waals surface area contributed by atoms with Gasteiger partial charge in [-0.05, 0) is 41.0 Å². The molecule has 4 rings (SSSR count). The first-order valence-corrected chi connectivity index (χ1v) is 10.2. The van der Waals surface area contributed by atoms with E-state index in [1.807, 2.05) is 0 Å². The first-order valence-electron chi connectivity index (χ1n) is 8.18. The monoisotopic (exact) mass is 435 g/mol. The van der Waals surface area contributed by atoms with Crippen LogP contribution in [0, 0.1) is 11.6 Å². The lowest BCUT2D eigenvalue weighted by Gasteiger charge is -2.09. The van der Waals surface area contributed by atoms with E-state index in [9.17, 15) is 22.9 Å². The van der Waals surface area contributed by atoms with E-state index < -0.39 is 30.8 Å². The van der Waals surface area contributed by atoms with E-state index >= 15 is 0 Å². The van der Waals surface area contributed by atoms with Crippen LogP contribution in [0.4, 0.5) is 8.78 Å². The Morgan fingerprint density at radius 3 is 2.41 bits per heavy atom. The van der Waals surface area contributed by atoms with E-state index in [2.05, 4.69) is 9.97 Å². The van der Waals surface area contributed by atoms with E-state index in [1.54, 1.807) is 24.3 Å². The van der Waals surface area contributed by atoms with Crippen LogP contribution in [0.2, 0.25) is 5.02 Å². The number of fused-ring (bicyclic) bond motifs is 1. The van der Waals surface area contributed by atoms with E-state index in [4.69, 9.17) is 11.6 Å². The summed E-state index contributed by atoms with van der Waals surface area (Å²) in [6.45, 7) is 1.27. The second kappa shape index (κ2) is 7.02. The first-order chi connectivity index (χ1) is 13.8. The Morgan fingerprint density at radius 2 is 1.79 bits per heavy atom. The Bertz CT molecular complexity index is 1410. The van der Waals surface area contributed by atoms with Gasteiger partial charge in [-0.15, -0.1) is 0 Å². The molecule has 0 spiro atoms. The summed E-state index contributed by atoms with van der Waals surface area (Å²) < 4.78 is 42.2. The van der Waals surface area contributed by atoms with Gasteiger partial charge >= 0.3 is 13.6 Å². The molecule has 0 saturated heterocycles. The van der Waals surface area contributed by atoms with Crippen molar-refractivity contribution in [2.45, 2.75) is 0 Å². The molecule has 7 nitrogen and oxygen atoms in total. The van der Waals surface area contributed by atoms with Crippen molar-refractivity contribution >= 4 is 30.7 Å². The van der Waals surface area contributed by atoms with Gasteiger partial charge in [0.05, 0.1) is 5.56 Å². The maximum absolute atomic E-state index is 14.5. The smallest absolute Gasteiger partial charge is 0.286 e. The Kier molecular flexibility index (Phi) is 4.64. The fraction of sp³-hybridized carbons (Fsp3) is 0.0556. The molecular weight excluding hydrogens is 425 g/mol. The van der Waals surface area contributed by atoms with Gasteiger partial charge in [-0.3, -0.25) is 14.3 Å². The highest BCUT2D eigenvalue weighted by atomic mass is 35.5. The summed E-state index contributed by atoms with van der Waals surface area (Å²) in [7, 11) is -2.25. The van der Waals surface area contributed by atoms with E-state index in [0.717, 1.165) is 10.4 Å². The van der Waals surface area contributed by atoms with Crippen molar-refractivity contribution < 1.29 is 13.3 Å². The van der Waals surface area contributed by atoms with Crippen LogP contribution in [-0.2, 0) is 4.57 Å². The molecule has 0 aliphatic heterocycles. The van der Waals surface area contributed by atoms with E-state index in [-0.39, 0.29) is 22.6 Å². The number of halogens is 3. The molecule has 4 aromatic rings. The standard InChI is InChI=1S/C18H10ClF2N4O3P/c1-29(28)25-16-14(17(26)23-18(25)27)24(11-5-2-9(19)3-6-11)15(22-16)12-7-4-10(20)8-13(12)21/h2-8H,1H3/p+1. The maximum Gasteiger partial charge on any atom is 0.469 e. The molecule has 11 heteroatoms. The van der Waals surface area contributed by atoms with Crippen LogP contribution in [0.15, 0.2) is 52.1 Å². The number of hydrogen-bond donors (Lipinski definition) is 1. The van der Waals surface area contributed by atoms with Crippen LogP contribution in [0.5, 0.6) is 0 Å². The molecule has 1 N–H and O–H groups in total. The number of imidazole rings is 1. The minimum Gasteiger partial charge on any atom is -0.286 e. The predicted molar refractivity (Wildman–Crippen MR) is 105 cm³/mol. The highest BCUT2D eigenvalue weighted by Gasteiger charge is 2.27. The molecule has 0 fully saturated rings. The fourth-order valence-corrected chi connectivity index (χ4v) is 3.86. The SMILES string of the molecule is C[P+](=O)n1c(=O)[nH]c(=O)c2c1nc(-c1ccc(F)cc1F)n2-c1ccc(Cl)cc1. The van der Waals surface area contributed by atoms with Crippen molar-refractivity contribution in [2.75, 3.05) is 6.66 Å². The molecular formula is C18H11ClF2N4O3P+. The van der Waals surface area contributed by atoms with Gasteiger partial charge in [0.15, 0.2) is 18.0 Å². The van der Waals surface area contributed by atoms with Gasteiger partial charge < -0.3 is 0 Å². The number of nitrogens with zero attached hydrogens (tertiary/aromatic N) is 3. The Balaban J connectivity index is 2.21. The highest BCUT2D eigenvalue weighted by molar-refractivity contribution is 7.42. The summed E-state index contributed by atoms with van der Waals surface area (Å²) in [4.78, 5) is 31.1. The molecule has 0 aliphatic carbocycles. The van der Waals surface area contributed by atoms with Gasteiger partial charge in [-0.25, -0.2) is 18.6 Å². The van der Waals surface area contributed by atoms with Crippen LogP contribution >= 0.6 is 19.6 Å². The molecule has 0 radical (unpaired) electrons. The minimum absolute atomic E-state index is 0.0680. The average molecular weight is 436 g/mol. The lowest BCUT2D eigenvalue weighted by molar-refractivity contribution is 0.584. The second-order valence-electron chi connectivity index (χ2n) is 6.08. The lowest BCUT2D eigenvalue weighted by Crippen LogP contribution is -2.28. The average Bonchev–Trinajstić information content (AvgIpc) is 3.02. The summed E-state index contributed by atoms with van der Waals surface area (Å²) in [5.41, 5.74) is -1.72. The van der Waals surface area contributed by atoms with Gasteiger partial charge in [-0.1, -0.05) is 15.9 Å². The van der Waals surface area contributed by atoms with E-state index in [1.165, 1.54) is 17.3 Å². The number of aromatic amines is 1. The third-order valence-corrected chi connectivity index (χ3v) is 5.41. The van der Waals surface area contributed by atoms with Crippen molar-refractivity contribution in [2.24, 2.45) is 0 Å². The van der Waals surface area contributed by atoms with Crippen LogP contribution in [0.3, 0.4) is 0 Å². The number of aromatic nitrogens is 4. The molecule has 0 saturated carbocycles. The summed E-state index contributed by atoms with van der Waals surface area (Å²) in [5, 5.41) is 0.426. The summed E-state index contributed by atoms with van der Waals surface area (Å²) in [5.74, 6) is -1.77. The van der Waals surface area contributed by atoms with Crippen molar-refractivity contribution in [1.82, 2.24) is 18.9 Å².